The maximum atomic E-state index is 4.03. The van der Waals surface area contributed by atoms with Crippen molar-refractivity contribution in [3.63, 3.8) is 0 Å². The first kappa shape index (κ1) is 46.9. The summed E-state index contributed by atoms with van der Waals surface area (Å²) in [6.07, 6.45) is 9.06. The second-order valence-corrected chi connectivity index (χ2v) is 20.8. The fourth-order valence-corrected chi connectivity index (χ4v) is 7.84. The summed E-state index contributed by atoms with van der Waals surface area (Å²) in [4.78, 5) is 0. The Hall–Kier alpha value is -2.44. The van der Waals surface area contributed by atoms with Gasteiger partial charge in [0.05, 0.1) is 0 Å². The van der Waals surface area contributed by atoms with Crippen LogP contribution < -0.4 is 35.3 Å². The molecule has 4 aromatic rings. The molecule has 3 heteroatoms. The van der Waals surface area contributed by atoms with Gasteiger partial charge in [0.2, 0.25) is 0 Å². The summed E-state index contributed by atoms with van der Waals surface area (Å²) >= 11 is 0. The number of rotatable bonds is 3. The van der Waals surface area contributed by atoms with E-state index < -0.39 is 0 Å². The van der Waals surface area contributed by atoms with Crippen molar-refractivity contribution in [2.45, 2.75) is 132 Å². The molecule has 289 valence electrons. The average Bonchev–Trinajstić information content (AvgIpc) is 3.59. The molecule has 1 unspecified atom stereocenters. The van der Waals surface area contributed by atoms with Crippen molar-refractivity contribution in [2.75, 3.05) is 0 Å². The van der Waals surface area contributed by atoms with Crippen LogP contribution in [-0.4, -0.2) is 0 Å². The normalized spacial score (nSPS) is 15.4. The van der Waals surface area contributed by atoms with Gasteiger partial charge in [-0.2, -0.15) is 0 Å². The molecule has 0 bridgehead atoms. The van der Waals surface area contributed by atoms with E-state index in [0.29, 0.717) is 0 Å². The molecule has 0 saturated heterocycles. The van der Waals surface area contributed by atoms with Gasteiger partial charge in [-0.25, -0.2) is 0 Å². The molecule has 0 N–H and O–H groups in total. The molecule has 0 saturated carbocycles. The zero-order valence-corrected chi connectivity index (χ0v) is 40.4. The van der Waals surface area contributed by atoms with Crippen LogP contribution in [0, 0.1) is 21.8 Å². The average molecular weight is 850 g/mol. The van der Waals surface area contributed by atoms with Crippen LogP contribution in [0.15, 0.2) is 90.5 Å². The minimum atomic E-state index is -0.131. The summed E-state index contributed by atoms with van der Waals surface area (Å²) in [6.45, 7) is 37.4. The van der Waals surface area contributed by atoms with E-state index in [0.717, 1.165) is 0 Å². The third-order valence-corrected chi connectivity index (χ3v) is 11.3. The van der Waals surface area contributed by atoms with Crippen molar-refractivity contribution >= 4 is 17.2 Å². The summed E-state index contributed by atoms with van der Waals surface area (Å²) in [5.74, 6) is 0.274. The van der Waals surface area contributed by atoms with Crippen molar-refractivity contribution in [3.05, 3.63) is 156 Å². The second-order valence-electron chi connectivity index (χ2n) is 20.8. The smallest absolute Gasteiger partial charge is 1.00 e. The van der Waals surface area contributed by atoms with Gasteiger partial charge in [-0.3, -0.25) is 0 Å². The zero-order chi connectivity index (χ0) is 38.3. The number of halogens is 2. The first-order valence-electron chi connectivity index (χ1n) is 19.5. The van der Waals surface area contributed by atoms with Gasteiger partial charge < -0.3 is 24.8 Å². The third-order valence-electron chi connectivity index (χ3n) is 11.3. The van der Waals surface area contributed by atoms with E-state index in [1.165, 1.54) is 82.1 Å². The molecule has 4 aromatic carbocycles. The van der Waals surface area contributed by atoms with Gasteiger partial charge in [0.15, 0.2) is 0 Å². The summed E-state index contributed by atoms with van der Waals surface area (Å²) in [5, 5.41) is 5.16. The number of benzene rings is 4. The Bertz CT molecular complexity index is 2280. The van der Waals surface area contributed by atoms with Crippen LogP contribution in [-0.2, 0) is 47.9 Å². The maximum absolute atomic E-state index is 4.03. The Morgan fingerprint density at radius 2 is 0.982 bits per heavy atom. The van der Waals surface area contributed by atoms with Crippen LogP contribution in [0.2, 0.25) is 0 Å². The molecule has 55 heavy (non-hydrogen) atoms. The SMILES string of the molecule is CC1C=C(C(C)(C)C)C=C1c1c2c(cc(C(C)(C)C)c1=C(c1ccc(C(C)(C)C)cc1)c1ccc(C(C)(C)C)cc1)=c1cc(C(C)(C)C)ccc1=[C-]2.[Cl-].[Cl-].[Zr+3]. The first-order chi connectivity index (χ1) is 23.9. The predicted molar refractivity (Wildman–Crippen MR) is 226 cm³/mol. The van der Waals surface area contributed by atoms with E-state index in [2.05, 4.69) is 202 Å². The van der Waals surface area contributed by atoms with Gasteiger partial charge >= 0.3 is 26.2 Å². The van der Waals surface area contributed by atoms with Gasteiger partial charge in [-0.05, 0) is 77.2 Å². The number of fused-ring (bicyclic) bond motifs is 2. The van der Waals surface area contributed by atoms with Crippen molar-refractivity contribution in [2.24, 2.45) is 11.3 Å². The quantitative estimate of drug-likeness (QED) is 0.184. The zero-order valence-electron chi connectivity index (χ0n) is 36.4. The summed E-state index contributed by atoms with van der Waals surface area (Å²) in [6, 6.07) is 28.5. The topological polar surface area (TPSA) is 0 Å². The Morgan fingerprint density at radius 3 is 1.38 bits per heavy atom. The minimum absolute atomic E-state index is 0. The van der Waals surface area contributed by atoms with E-state index in [-0.39, 0.29) is 84.0 Å². The standard InChI is InChI=1S/C52H63.2ClH.Zr/c1-32-27-39(51(11,12)13)30-40(32)46-43-28-35-21-26-38(50(8,9)10)29-41(35)42(43)31-44(52(14,15)16)47(46)45(33-17-22-36(23-18-33)48(2,3)4)34-19-24-37(25-20-34)49(5,6)7;;;/h17-27,29-32H,1-16H3;2*1H;/q-1;;;+3/p-2. The number of hydrogen-bond donors (Lipinski definition) is 0. The van der Waals surface area contributed by atoms with Crippen molar-refractivity contribution in [3.8, 4) is 0 Å². The molecule has 0 heterocycles. The van der Waals surface area contributed by atoms with Gasteiger partial charge in [-0.1, -0.05) is 206 Å². The maximum Gasteiger partial charge on any atom is 3.00 e. The largest absolute Gasteiger partial charge is 3.00 e. The fourth-order valence-electron chi connectivity index (χ4n) is 7.84. The Kier molecular flexibility index (Phi) is 13.7. The summed E-state index contributed by atoms with van der Waals surface area (Å²) in [5.41, 5.74) is 14.8. The molecule has 2 aliphatic carbocycles. The molecular weight excluding hydrogens is 787 g/mol. The second kappa shape index (κ2) is 16.1. The molecule has 6 rings (SSSR count). The van der Waals surface area contributed by atoms with Crippen LogP contribution in [0.3, 0.4) is 0 Å². The van der Waals surface area contributed by atoms with E-state index >= 15 is 0 Å². The molecule has 0 aliphatic heterocycles. The molecule has 0 aromatic heterocycles. The van der Waals surface area contributed by atoms with Crippen LogP contribution in [0.1, 0.15) is 155 Å². The van der Waals surface area contributed by atoms with Gasteiger partial charge in [0.1, 0.15) is 0 Å². The Balaban J connectivity index is 0.00000271. The van der Waals surface area contributed by atoms with Crippen LogP contribution in [0.5, 0.6) is 0 Å². The molecular formula is C52H63Cl2Zr. The summed E-state index contributed by atoms with van der Waals surface area (Å²) < 4.78 is 0. The molecule has 0 nitrogen and oxygen atoms in total. The fraction of sp³-hybridized carbons (Fsp3) is 0.423. The molecule has 1 radical (unpaired) electrons. The van der Waals surface area contributed by atoms with Gasteiger partial charge in [0.25, 0.3) is 0 Å². The number of allylic oxidation sites excluding steroid dienone is 4. The van der Waals surface area contributed by atoms with Crippen molar-refractivity contribution < 1.29 is 51.0 Å². The minimum Gasteiger partial charge on any atom is -1.00 e. The van der Waals surface area contributed by atoms with E-state index in [9.17, 15) is 0 Å². The Labute approximate surface area is 365 Å². The first-order valence-corrected chi connectivity index (χ1v) is 19.5. The van der Waals surface area contributed by atoms with Crippen LogP contribution in [0.4, 0.5) is 0 Å². The van der Waals surface area contributed by atoms with Crippen LogP contribution in [0.25, 0.3) is 17.2 Å². The van der Waals surface area contributed by atoms with Crippen molar-refractivity contribution in [1.29, 1.82) is 0 Å². The third kappa shape index (κ3) is 9.32. The van der Waals surface area contributed by atoms with Gasteiger partial charge in [0, 0.05) is 0 Å². The molecule has 0 fully saturated rings. The van der Waals surface area contributed by atoms with E-state index in [1.807, 2.05) is 0 Å². The molecule has 0 spiro atoms. The monoisotopic (exact) mass is 847 g/mol. The van der Waals surface area contributed by atoms with E-state index in [4.69, 9.17) is 0 Å². The predicted octanol–water partition coefficient (Wildman–Crippen LogP) is 6.44. The Morgan fingerprint density at radius 1 is 0.527 bits per heavy atom. The molecule has 2 aliphatic rings. The summed E-state index contributed by atoms with van der Waals surface area (Å²) in [7, 11) is 0. The number of hydrogen-bond acceptors (Lipinski definition) is 0. The van der Waals surface area contributed by atoms with Gasteiger partial charge in [-0.15, -0.1) is 33.4 Å². The van der Waals surface area contributed by atoms with E-state index in [1.54, 1.807) is 0 Å². The molecule has 0 amide bonds. The van der Waals surface area contributed by atoms with Crippen molar-refractivity contribution in [1.82, 2.24) is 0 Å². The van der Waals surface area contributed by atoms with Crippen LogP contribution >= 0.6 is 0 Å². The molecule has 1 atom stereocenters.